The monoisotopic (exact) mass is 182 g/mol. The molecule has 0 atom stereocenters. The highest BCUT2D eigenvalue weighted by Gasteiger charge is 2.17. The molecule has 1 aromatic rings. The van der Waals surface area contributed by atoms with E-state index in [2.05, 4.69) is 4.65 Å². The van der Waals surface area contributed by atoms with Crippen molar-refractivity contribution in [2.75, 3.05) is 0 Å². The molecule has 1 heterocycles. The Kier molecular flexibility index (Phi) is 2.09. The van der Waals surface area contributed by atoms with Crippen molar-refractivity contribution in [1.82, 2.24) is 0 Å². The molecule has 0 amide bonds. The lowest BCUT2D eigenvalue weighted by molar-refractivity contribution is -0.194. The molecule has 0 fully saturated rings. The van der Waals surface area contributed by atoms with E-state index in [0.717, 1.165) is 5.56 Å². The van der Waals surface area contributed by atoms with Crippen LogP contribution in [0.15, 0.2) is 18.2 Å². The predicted octanol–water partition coefficient (Wildman–Crippen LogP) is -0.141. The standard InChI is InChI=1S/C7H7BO5/c9-8(10)12-6-2-1-5-4-11-13-7(5)3-6/h1-3,9-10H,4H2. The Hall–Kier alpha value is -1.24. The molecule has 13 heavy (non-hydrogen) atoms. The summed E-state index contributed by atoms with van der Waals surface area (Å²) in [5.74, 6) is 0.859. The van der Waals surface area contributed by atoms with Gasteiger partial charge in [0.15, 0.2) is 5.75 Å². The third-order valence-electron chi connectivity index (χ3n) is 1.64. The molecule has 1 aromatic carbocycles. The van der Waals surface area contributed by atoms with Crippen molar-refractivity contribution in [2.24, 2.45) is 0 Å². The molecule has 68 valence electrons. The van der Waals surface area contributed by atoms with Gasteiger partial charge in [-0.3, -0.25) is 0 Å². The quantitative estimate of drug-likeness (QED) is 0.492. The van der Waals surface area contributed by atoms with Gasteiger partial charge in [0.05, 0.1) is 0 Å². The Morgan fingerprint density at radius 1 is 1.38 bits per heavy atom. The van der Waals surface area contributed by atoms with Crippen LogP contribution < -0.4 is 9.54 Å². The molecule has 0 spiro atoms. The Labute approximate surface area is 74.6 Å². The topological polar surface area (TPSA) is 68.2 Å². The maximum absolute atomic E-state index is 8.52. The molecule has 0 unspecified atom stereocenters. The number of rotatable bonds is 2. The van der Waals surface area contributed by atoms with E-state index in [1.807, 2.05) is 0 Å². The summed E-state index contributed by atoms with van der Waals surface area (Å²) in [7, 11) is -1.82. The van der Waals surface area contributed by atoms with E-state index in [1.54, 1.807) is 12.1 Å². The second kappa shape index (κ2) is 3.25. The fourth-order valence-electron chi connectivity index (χ4n) is 1.08. The molecule has 0 bridgehead atoms. The molecule has 1 aliphatic rings. The lowest BCUT2D eigenvalue weighted by Gasteiger charge is -2.04. The summed E-state index contributed by atoms with van der Waals surface area (Å²) < 4.78 is 4.62. The average molecular weight is 182 g/mol. The highest BCUT2D eigenvalue weighted by Crippen LogP contribution is 2.29. The Bertz CT molecular complexity index is 314. The van der Waals surface area contributed by atoms with Gasteiger partial charge in [-0.05, 0) is 12.1 Å². The third-order valence-corrected chi connectivity index (χ3v) is 1.64. The molecular formula is C7H7BO5. The Morgan fingerprint density at radius 2 is 2.23 bits per heavy atom. The fraction of sp³-hybridized carbons (Fsp3) is 0.143. The molecule has 0 saturated carbocycles. The lowest BCUT2D eigenvalue weighted by Crippen LogP contribution is -2.20. The highest BCUT2D eigenvalue weighted by molar-refractivity contribution is 6.33. The van der Waals surface area contributed by atoms with Crippen molar-refractivity contribution < 1.29 is 24.5 Å². The highest BCUT2D eigenvalue weighted by atomic mass is 17.2. The summed E-state index contributed by atoms with van der Waals surface area (Å²) in [5.41, 5.74) is 0.903. The van der Waals surface area contributed by atoms with E-state index >= 15 is 0 Å². The van der Waals surface area contributed by atoms with Gasteiger partial charge in [0.2, 0.25) is 0 Å². The summed E-state index contributed by atoms with van der Waals surface area (Å²) >= 11 is 0. The van der Waals surface area contributed by atoms with E-state index in [4.69, 9.17) is 19.8 Å². The van der Waals surface area contributed by atoms with E-state index in [-0.39, 0.29) is 0 Å². The minimum atomic E-state index is -1.82. The molecule has 0 saturated heterocycles. The normalized spacial score (nSPS) is 13.4. The number of hydrogen-bond donors (Lipinski definition) is 2. The van der Waals surface area contributed by atoms with Gasteiger partial charge in [0, 0.05) is 11.6 Å². The maximum Gasteiger partial charge on any atom is 0.707 e. The van der Waals surface area contributed by atoms with Crippen LogP contribution in [0.25, 0.3) is 0 Å². The van der Waals surface area contributed by atoms with E-state index in [9.17, 15) is 0 Å². The first-order valence-electron chi connectivity index (χ1n) is 3.71. The van der Waals surface area contributed by atoms with Crippen LogP contribution in [-0.2, 0) is 11.5 Å². The Balaban J connectivity index is 2.21. The van der Waals surface area contributed by atoms with E-state index < -0.39 is 7.32 Å². The van der Waals surface area contributed by atoms with Crippen molar-refractivity contribution >= 4 is 7.32 Å². The zero-order chi connectivity index (χ0) is 9.26. The van der Waals surface area contributed by atoms with Crippen LogP contribution in [0.5, 0.6) is 11.5 Å². The second-order valence-corrected chi connectivity index (χ2v) is 2.56. The number of fused-ring (bicyclic) bond motifs is 1. The maximum atomic E-state index is 8.52. The molecule has 0 radical (unpaired) electrons. The second-order valence-electron chi connectivity index (χ2n) is 2.56. The van der Waals surface area contributed by atoms with Gasteiger partial charge in [-0.15, -0.1) is 0 Å². The van der Waals surface area contributed by atoms with Crippen LogP contribution in [0.2, 0.25) is 0 Å². The minimum absolute atomic E-state index is 0.319. The largest absolute Gasteiger partial charge is 0.707 e. The SMILES string of the molecule is OB(O)Oc1ccc2c(c1)OOC2. The van der Waals surface area contributed by atoms with Gasteiger partial charge in [-0.1, -0.05) is 0 Å². The van der Waals surface area contributed by atoms with Crippen LogP contribution in [0.4, 0.5) is 0 Å². The zero-order valence-corrected chi connectivity index (χ0v) is 6.64. The van der Waals surface area contributed by atoms with Crippen molar-refractivity contribution in [1.29, 1.82) is 0 Å². The first-order valence-corrected chi connectivity index (χ1v) is 3.71. The predicted molar refractivity (Wildman–Crippen MR) is 42.7 cm³/mol. The van der Waals surface area contributed by atoms with Crippen LogP contribution in [-0.4, -0.2) is 17.4 Å². The Morgan fingerprint density at radius 3 is 3.00 bits per heavy atom. The summed E-state index contributed by atoms with van der Waals surface area (Å²) in [6.45, 7) is 0.400. The molecule has 2 rings (SSSR count). The van der Waals surface area contributed by atoms with Gasteiger partial charge >= 0.3 is 7.32 Å². The molecule has 2 N–H and O–H groups in total. The molecule has 1 aliphatic heterocycles. The zero-order valence-electron chi connectivity index (χ0n) is 6.64. The molecule has 5 nitrogen and oxygen atoms in total. The smallest absolute Gasteiger partial charge is 0.512 e. The number of benzene rings is 1. The van der Waals surface area contributed by atoms with Gasteiger partial charge < -0.3 is 19.6 Å². The first-order chi connectivity index (χ1) is 6.25. The minimum Gasteiger partial charge on any atom is -0.512 e. The van der Waals surface area contributed by atoms with Crippen LogP contribution in [0.1, 0.15) is 5.56 Å². The van der Waals surface area contributed by atoms with Gasteiger partial charge in [0.1, 0.15) is 12.4 Å². The van der Waals surface area contributed by atoms with Crippen molar-refractivity contribution in [2.45, 2.75) is 6.61 Å². The number of hydrogen-bond acceptors (Lipinski definition) is 5. The average Bonchev–Trinajstić information content (AvgIpc) is 2.49. The lowest BCUT2D eigenvalue weighted by atomic mass is 10.2. The third kappa shape index (κ3) is 1.75. The summed E-state index contributed by atoms with van der Waals surface area (Å²) in [6.07, 6.45) is 0. The van der Waals surface area contributed by atoms with Gasteiger partial charge in [-0.25, -0.2) is 0 Å². The van der Waals surface area contributed by atoms with Gasteiger partial charge in [0.25, 0.3) is 0 Å². The van der Waals surface area contributed by atoms with Crippen LogP contribution in [0.3, 0.4) is 0 Å². The van der Waals surface area contributed by atoms with Crippen molar-refractivity contribution in [3.05, 3.63) is 23.8 Å². The molecular weight excluding hydrogens is 175 g/mol. The van der Waals surface area contributed by atoms with Crippen molar-refractivity contribution in [3.63, 3.8) is 0 Å². The van der Waals surface area contributed by atoms with E-state index in [0.29, 0.717) is 18.1 Å². The summed E-state index contributed by atoms with van der Waals surface area (Å²) in [5, 5.41) is 17.0. The molecule has 0 aliphatic carbocycles. The molecule has 6 heteroatoms. The first kappa shape index (κ1) is 8.37. The fourth-order valence-corrected chi connectivity index (χ4v) is 1.08. The molecule has 0 aromatic heterocycles. The van der Waals surface area contributed by atoms with Gasteiger partial charge in [-0.2, -0.15) is 4.89 Å². The van der Waals surface area contributed by atoms with Crippen molar-refractivity contribution in [3.8, 4) is 11.5 Å². The summed E-state index contributed by atoms with van der Waals surface area (Å²) in [4.78, 5) is 9.47. The summed E-state index contributed by atoms with van der Waals surface area (Å²) in [6, 6.07) is 4.87. The van der Waals surface area contributed by atoms with Crippen LogP contribution in [0, 0.1) is 0 Å². The van der Waals surface area contributed by atoms with E-state index in [1.165, 1.54) is 6.07 Å². The van der Waals surface area contributed by atoms with Crippen LogP contribution >= 0.6 is 0 Å².